The molecule has 1 rings (SSSR count). The fourth-order valence-electron chi connectivity index (χ4n) is 1.82. The predicted molar refractivity (Wildman–Crippen MR) is 74.3 cm³/mol. The van der Waals surface area contributed by atoms with Gasteiger partial charge in [0.1, 0.15) is 6.04 Å². The Balaban J connectivity index is 2.69. The quantitative estimate of drug-likeness (QED) is 0.753. The molecule has 0 saturated heterocycles. The highest BCUT2D eigenvalue weighted by atomic mass is 16.2. The molecule has 2 atom stereocenters. The first-order valence-electron chi connectivity index (χ1n) is 6.33. The Hall–Kier alpha value is -2.04. The average molecular weight is 263 g/mol. The van der Waals surface area contributed by atoms with Crippen LogP contribution in [0.3, 0.4) is 0 Å². The zero-order valence-electron chi connectivity index (χ0n) is 11.5. The normalized spacial score (nSPS) is 13.7. The number of primary amides is 1. The van der Waals surface area contributed by atoms with Gasteiger partial charge in [0, 0.05) is 0 Å². The van der Waals surface area contributed by atoms with E-state index in [1.807, 2.05) is 51.1 Å². The predicted octanol–water partition coefficient (Wildman–Crippen LogP) is 1.56. The fourth-order valence-corrected chi connectivity index (χ4v) is 1.82. The zero-order valence-corrected chi connectivity index (χ0v) is 11.5. The Kier molecular flexibility index (Phi) is 5.36. The lowest BCUT2D eigenvalue weighted by atomic mass is 10.0. The van der Waals surface area contributed by atoms with Gasteiger partial charge in [0.05, 0.1) is 6.04 Å². The number of rotatable bonds is 5. The van der Waals surface area contributed by atoms with E-state index in [-0.39, 0.29) is 17.9 Å². The summed E-state index contributed by atoms with van der Waals surface area (Å²) < 4.78 is 0. The number of nitrogens with one attached hydrogen (secondary N) is 2. The van der Waals surface area contributed by atoms with Gasteiger partial charge < -0.3 is 16.4 Å². The van der Waals surface area contributed by atoms with E-state index in [4.69, 9.17) is 5.73 Å². The molecule has 4 N–H and O–H groups in total. The van der Waals surface area contributed by atoms with Crippen LogP contribution in [0.15, 0.2) is 30.3 Å². The Bertz CT molecular complexity index is 432. The first-order chi connectivity index (χ1) is 8.91. The van der Waals surface area contributed by atoms with Crippen molar-refractivity contribution in [1.82, 2.24) is 10.6 Å². The Morgan fingerprint density at radius 3 is 2.11 bits per heavy atom. The van der Waals surface area contributed by atoms with Crippen LogP contribution in [0, 0.1) is 5.92 Å². The summed E-state index contributed by atoms with van der Waals surface area (Å²) in [6.45, 7) is 5.61. The molecule has 0 fully saturated rings. The molecule has 3 amide bonds. The summed E-state index contributed by atoms with van der Waals surface area (Å²) >= 11 is 0. The average Bonchev–Trinajstić information content (AvgIpc) is 2.36. The lowest BCUT2D eigenvalue weighted by Gasteiger charge is -2.23. The summed E-state index contributed by atoms with van der Waals surface area (Å²) in [5, 5.41) is 5.34. The first kappa shape index (κ1) is 15.0. The number of amides is 3. The van der Waals surface area contributed by atoms with Crippen molar-refractivity contribution in [2.24, 2.45) is 11.7 Å². The van der Waals surface area contributed by atoms with Gasteiger partial charge in [-0.15, -0.1) is 0 Å². The van der Waals surface area contributed by atoms with Gasteiger partial charge in [0.15, 0.2) is 0 Å². The molecule has 5 heteroatoms. The van der Waals surface area contributed by atoms with Crippen molar-refractivity contribution < 1.29 is 9.59 Å². The van der Waals surface area contributed by atoms with Crippen molar-refractivity contribution in [2.45, 2.75) is 32.9 Å². The van der Waals surface area contributed by atoms with Gasteiger partial charge >= 0.3 is 6.03 Å². The molecule has 0 aliphatic carbocycles. The van der Waals surface area contributed by atoms with Crippen LogP contribution in [-0.2, 0) is 4.79 Å². The SMILES string of the molecule is CC(C)[C@H](NC(N)=O)C(=O)N[C@H](C)c1ccccc1. The summed E-state index contributed by atoms with van der Waals surface area (Å²) in [6.07, 6.45) is 0. The van der Waals surface area contributed by atoms with Crippen molar-refractivity contribution in [1.29, 1.82) is 0 Å². The van der Waals surface area contributed by atoms with Crippen LogP contribution in [0.25, 0.3) is 0 Å². The number of carbonyl (C=O) groups is 2. The van der Waals surface area contributed by atoms with E-state index < -0.39 is 12.1 Å². The molecule has 0 aromatic heterocycles. The van der Waals surface area contributed by atoms with E-state index in [2.05, 4.69) is 10.6 Å². The molecule has 0 heterocycles. The summed E-state index contributed by atoms with van der Waals surface area (Å²) in [4.78, 5) is 23.0. The standard InChI is InChI=1S/C14H21N3O2/c1-9(2)12(17-14(15)19)13(18)16-10(3)11-7-5-4-6-8-11/h4-10,12H,1-3H3,(H,16,18)(H3,15,17,19)/t10-,12+/m1/s1. The molecule has 0 bridgehead atoms. The molecule has 1 aromatic rings. The molecule has 19 heavy (non-hydrogen) atoms. The van der Waals surface area contributed by atoms with Crippen LogP contribution in [0.4, 0.5) is 4.79 Å². The fraction of sp³-hybridized carbons (Fsp3) is 0.429. The van der Waals surface area contributed by atoms with E-state index in [1.165, 1.54) is 0 Å². The van der Waals surface area contributed by atoms with Gasteiger partial charge in [0.2, 0.25) is 5.91 Å². The largest absolute Gasteiger partial charge is 0.352 e. The number of hydrogen-bond donors (Lipinski definition) is 3. The second-order valence-corrected chi connectivity index (χ2v) is 4.87. The molecule has 0 spiro atoms. The molecule has 0 saturated carbocycles. The lowest BCUT2D eigenvalue weighted by Crippen LogP contribution is -2.51. The van der Waals surface area contributed by atoms with Crippen molar-refractivity contribution >= 4 is 11.9 Å². The second-order valence-electron chi connectivity index (χ2n) is 4.87. The van der Waals surface area contributed by atoms with E-state index in [0.29, 0.717) is 0 Å². The van der Waals surface area contributed by atoms with Crippen LogP contribution < -0.4 is 16.4 Å². The molecule has 0 unspecified atom stereocenters. The number of carbonyl (C=O) groups excluding carboxylic acids is 2. The van der Waals surface area contributed by atoms with E-state index >= 15 is 0 Å². The molecule has 0 radical (unpaired) electrons. The summed E-state index contributed by atoms with van der Waals surface area (Å²) in [6, 6.07) is 8.20. The Morgan fingerprint density at radius 1 is 1.05 bits per heavy atom. The smallest absolute Gasteiger partial charge is 0.312 e. The third kappa shape index (κ3) is 4.62. The van der Waals surface area contributed by atoms with Gasteiger partial charge in [-0.3, -0.25) is 4.79 Å². The number of hydrogen-bond acceptors (Lipinski definition) is 2. The van der Waals surface area contributed by atoms with Gasteiger partial charge in [-0.2, -0.15) is 0 Å². The third-order valence-corrected chi connectivity index (χ3v) is 2.91. The molecule has 0 aliphatic heterocycles. The van der Waals surface area contributed by atoms with Gasteiger partial charge in [-0.05, 0) is 18.4 Å². The lowest BCUT2D eigenvalue weighted by molar-refractivity contribution is -0.124. The van der Waals surface area contributed by atoms with Crippen molar-refractivity contribution in [3.8, 4) is 0 Å². The monoisotopic (exact) mass is 263 g/mol. The minimum Gasteiger partial charge on any atom is -0.352 e. The highest BCUT2D eigenvalue weighted by molar-refractivity contribution is 5.87. The van der Waals surface area contributed by atoms with Crippen LogP contribution in [0.5, 0.6) is 0 Å². The van der Waals surface area contributed by atoms with E-state index in [1.54, 1.807) is 0 Å². The van der Waals surface area contributed by atoms with E-state index in [0.717, 1.165) is 5.56 Å². The van der Waals surface area contributed by atoms with Crippen LogP contribution in [0.1, 0.15) is 32.4 Å². The number of benzene rings is 1. The topological polar surface area (TPSA) is 84.2 Å². The van der Waals surface area contributed by atoms with Crippen LogP contribution >= 0.6 is 0 Å². The minimum absolute atomic E-state index is 0.0320. The summed E-state index contributed by atoms with van der Waals surface area (Å²) in [7, 11) is 0. The zero-order chi connectivity index (χ0) is 14.4. The van der Waals surface area contributed by atoms with Gasteiger partial charge in [-0.1, -0.05) is 44.2 Å². The highest BCUT2D eigenvalue weighted by Gasteiger charge is 2.24. The van der Waals surface area contributed by atoms with Crippen molar-refractivity contribution in [2.75, 3.05) is 0 Å². The highest BCUT2D eigenvalue weighted by Crippen LogP contribution is 2.12. The van der Waals surface area contributed by atoms with Crippen LogP contribution in [0.2, 0.25) is 0 Å². The van der Waals surface area contributed by atoms with Crippen molar-refractivity contribution in [3.05, 3.63) is 35.9 Å². The maximum Gasteiger partial charge on any atom is 0.312 e. The van der Waals surface area contributed by atoms with Crippen LogP contribution in [-0.4, -0.2) is 18.0 Å². The molecular weight excluding hydrogens is 242 g/mol. The molecule has 104 valence electrons. The second kappa shape index (κ2) is 6.78. The Labute approximate surface area is 113 Å². The molecular formula is C14H21N3O2. The third-order valence-electron chi connectivity index (χ3n) is 2.91. The van der Waals surface area contributed by atoms with Gasteiger partial charge in [-0.25, -0.2) is 4.79 Å². The van der Waals surface area contributed by atoms with E-state index in [9.17, 15) is 9.59 Å². The molecule has 0 aliphatic rings. The number of urea groups is 1. The summed E-state index contributed by atoms with van der Waals surface area (Å²) in [5.41, 5.74) is 6.09. The van der Waals surface area contributed by atoms with Crippen molar-refractivity contribution in [3.63, 3.8) is 0 Å². The maximum absolute atomic E-state index is 12.1. The minimum atomic E-state index is -0.693. The van der Waals surface area contributed by atoms with Gasteiger partial charge in [0.25, 0.3) is 0 Å². The first-order valence-corrected chi connectivity index (χ1v) is 6.33. The number of nitrogens with two attached hydrogens (primary N) is 1. The summed E-state index contributed by atoms with van der Waals surface area (Å²) in [5.74, 6) is -0.263. The maximum atomic E-state index is 12.1. The Morgan fingerprint density at radius 2 is 1.63 bits per heavy atom. The molecule has 5 nitrogen and oxygen atoms in total. The molecule has 1 aromatic carbocycles.